The summed E-state index contributed by atoms with van der Waals surface area (Å²) in [5, 5.41) is 7.11. The van der Waals surface area contributed by atoms with Crippen molar-refractivity contribution >= 4 is 38.3 Å². The molecule has 0 atom stereocenters. The van der Waals surface area contributed by atoms with Crippen LogP contribution in [0, 0.1) is 0 Å². The Labute approximate surface area is 190 Å². The Bertz CT molecular complexity index is 1210. The predicted molar refractivity (Wildman–Crippen MR) is 127 cm³/mol. The molecule has 0 bridgehead atoms. The number of nitrogens with one attached hydrogen (secondary N) is 2. The monoisotopic (exact) mass is 453 g/mol. The van der Waals surface area contributed by atoms with Crippen molar-refractivity contribution in [2.45, 2.75) is 38.8 Å². The van der Waals surface area contributed by atoms with Crippen LogP contribution in [0.1, 0.15) is 43.1 Å². The van der Waals surface area contributed by atoms with Gasteiger partial charge in [0.1, 0.15) is 11.4 Å². The smallest absolute Gasteiger partial charge is 0.274 e. The van der Waals surface area contributed by atoms with Gasteiger partial charge in [0, 0.05) is 44.5 Å². The number of carbonyl (C=O) groups is 1. The van der Waals surface area contributed by atoms with Crippen molar-refractivity contribution in [1.29, 1.82) is 0 Å². The fraction of sp³-hybridized carbons (Fsp3) is 0.435. The van der Waals surface area contributed by atoms with Gasteiger partial charge in [-0.25, -0.2) is 4.98 Å². The first-order chi connectivity index (χ1) is 15.5. The summed E-state index contributed by atoms with van der Waals surface area (Å²) >= 11 is 1.57. The number of benzene rings is 1. The maximum atomic E-state index is 13.2. The Hall–Kier alpha value is -2.91. The quantitative estimate of drug-likeness (QED) is 0.596. The third-order valence-electron chi connectivity index (χ3n) is 5.64. The van der Waals surface area contributed by atoms with Crippen molar-refractivity contribution in [2.75, 3.05) is 36.4 Å². The molecule has 8 nitrogen and oxygen atoms in total. The van der Waals surface area contributed by atoms with Gasteiger partial charge in [-0.05, 0) is 44.9 Å². The van der Waals surface area contributed by atoms with Crippen LogP contribution in [0.2, 0.25) is 0 Å². The van der Waals surface area contributed by atoms with Crippen molar-refractivity contribution in [2.24, 2.45) is 0 Å². The summed E-state index contributed by atoms with van der Waals surface area (Å²) in [6.07, 6.45) is 3.68. The van der Waals surface area contributed by atoms with E-state index in [2.05, 4.69) is 15.5 Å². The molecule has 2 N–H and O–H groups in total. The van der Waals surface area contributed by atoms with Gasteiger partial charge in [0.15, 0.2) is 5.13 Å². The van der Waals surface area contributed by atoms with E-state index < -0.39 is 0 Å². The second-order valence-corrected chi connectivity index (χ2v) is 9.54. The Balaban J connectivity index is 1.49. The summed E-state index contributed by atoms with van der Waals surface area (Å²) in [6.45, 7) is 7.52. The van der Waals surface area contributed by atoms with E-state index in [4.69, 9.17) is 9.72 Å². The van der Waals surface area contributed by atoms with Gasteiger partial charge < -0.3 is 24.8 Å². The molecule has 1 aliphatic carbocycles. The number of hydrogen-bond donors (Lipinski definition) is 2. The lowest BCUT2D eigenvalue weighted by Gasteiger charge is -2.26. The SMILES string of the molecule is CC(C)Oc1cc2nc(N3CCNCC3)sc2cc1C(=O)Nc1cccn(C2CC2)c1=O. The van der Waals surface area contributed by atoms with E-state index in [1.165, 1.54) is 0 Å². The van der Waals surface area contributed by atoms with E-state index in [-0.39, 0.29) is 29.3 Å². The number of aromatic nitrogens is 2. The molecule has 9 heteroatoms. The fourth-order valence-corrected chi connectivity index (χ4v) is 4.94. The van der Waals surface area contributed by atoms with Gasteiger partial charge in [0.25, 0.3) is 11.5 Å². The Morgan fingerprint density at radius 2 is 2.06 bits per heavy atom. The normalized spacial score (nSPS) is 16.5. The minimum absolute atomic E-state index is 0.103. The van der Waals surface area contributed by atoms with Crippen molar-refractivity contribution in [3.63, 3.8) is 0 Å². The van der Waals surface area contributed by atoms with E-state index in [1.54, 1.807) is 34.2 Å². The van der Waals surface area contributed by atoms with Crippen LogP contribution in [0.15, 0.2) is 35.3 Å². The summed E-state index contributed by atoms with van der Waals surface area (Å²) in [5.41, 5.74) is 1.33. The molecule has 2 fully saturated rings. The van der Waals surface area contributed by atoms with Crippen molar-refractivity contribution in [1.82, 2.24) is 14.9 Å². The van der Waals surface area contributed by atoms with Crippen molar-refractivity contribution < 1.29 is 9.53 Å². The molecule has 32 heavy (non-hydrogen) atoms. The fourth-order valence-electron chi connectivity index (χ4n) is 3.90. The topological polar surface area (TPSA) is 88.5 Å². The van der Waals surface area contributed by atoms with Gasteiger partial charge in [-0.3, -0.25) is 9.59 Å². The molecule has 168 valence electrons. The van der Waals surface area contributed by atoms with Crippen LogP contribution in [-0.2, 0) is 0 Å². The Morgan fingerprint density at radius 3 is 2.78 bits per heavy atom. The number of piperazine rings is 1. The predicted octanol–water partition coefficient (Wildman–Crippen LogP) is 3.24. The zero-order valence-corrected chi connectivity index (χ0v) is 19.1. The van der Waals surface area contributed by atoms with Crippen LogP contribution in [0.5, 0.6) is 5.75 Å². The first kappa shape index (κ1) is 21.0. The molecular formula is C23H27N5O3S. The molecular weight excluding hydrogens is 426 g/mol. The molecule has 1 saturated carbocycles. The van der Waals surface area contributed by atoms with Crippen LogP contribution < -0.4 is 25.8 Å². The summed E-state index contributed by atoms with van der Waals surface area (Å²) in [5.74, 6) is 0.117. The van der Waals surface area contributed by atoms with Crippen LogP contribution in [-0.4, -0.2) is 47.7 Å². The van der Waals surface area contributed by atoms with Gasteiger partial charge >= 0.3 is 0 Å². The number of nitrogens with zero attached hydrogens (tertiary/aromatic N) is 3. The van der Waals surface area contributed by atoms with E-state index >= 15 is 0 Å². The lowest BCUT2D eigenvalue weighted by molar-refractivity contribution is 0.102. The molecule has 3 aromatic rings. The second-order valence-electron chi connectivity index (χ2n) is 8.54. The number of thiazole rings is 1. The average molecular weight is 454 g/mol. The van der Waals surface area contributed by atoms with E-state index in [0.29, 0.717) is 11.3 Å². The first-order valence-electron chi connectivity index (χ1n) is 11.1. The molecule has 1 amide bonds. The number of hydrogen-bond acceptors (Lipinski definition) is 7. The summed E-state index contributed by atoms with van der Waals surface area (Å²) in [6, 6.07) is 7.35. The number of anilines is 2. The van der Waals surface area contributed by atoms with Crippen LogP contribution >= 0.6 is 11.3 Å². The molecule has 1 saturated heterocycles. The number of rotatable bonds is 6. The highest BCUT2D eigenvalue weighted by Gasteiger charge is 2.26. The Morgan fingerprint density at radius 1 is 1.28 bits per heavy atom. The van der Waals surface area contributed by atoms with Gasteiger partial charge in [0.2, 0.25) is 0 Å². The van der Waals surface area contributed by atoms with Gasteiger partial charge in [-0.2, -0.15) is 0 Å². The van der Waals surface area contributed by atoms with E-state index in [1.807, 2.05) is 26.0 Å². The minimum Gasteiger partial charge on any atom is -0.490 e. The van der Waals surface area contributed by atoms with Crippen LogP contribution in [0.3, 0.4) is 0 Å². The molecule has 0 spiro atoms. The first-order valence-corrected chi connectivity index (χ1v) is 11.9. The zero-order chi connectivity index (χ0) is 22.2. The minimum atomic E-state index is -0.356. The number of pyridine rings is 1. The number of fused-ring (bicyclic) bond motifs is 1. The number of amides is 1. The molecule has 5 rings (SSSR count). The van der Waals surface area contributed by atoms with Gasteiger partial charge in [0.05, 0.1) is 21.9 Å². The maximum Gasteiger partial charge on any atom is 0.274 e. The zero-order valence-electron chi connectivity index (χ0n) is 18.3. The lowest BCUT2D eigenvalue weighted by atomic mass is 10.1. The number of carbonyl (C=O) groups excluding carboxylic acids is 1. The molecule has 0 radical (unpaired) electrons. The summed E-state index contributed by atoms with van der Waals surface area (Å²) < 4.78 is 8.59. The molecule has 0 unspecified atom stereocenters. The van der Waals surface area contributed by atoms with Crippen molar-refractivity contribution in [3.05, 3.63) is 46.4 Å². The molecule has 1 aromatic carbocycles. The van der Waals surface area contributed by atoms with E-state index in [0.717, 1.165) is 54.4 Å². The standard InChI is InChI=1S/C23H27N5O3S/c1-14(2)31-19-13-18-20(32-23(26-18)27-10-7-24-8-11-27)12-16(19)21(29)25-17-4-3-9-28(22(17)30)15-5-6-15/h3-4,9,12-15,24H,5-8,10-11H2,1-2H3,(H,25,29). The molecule has 2 aromatic heterocycles. The van der Waals surface area contributed by atoms with Gasteiger partial charge in [-0.15, -0.1) is 0 Å². The Kier molecular flexibility index (Phi) is 5.60. The highest BCUT2D eigenvalue weighted by Crippen LogP contribution is 2.35. The third kappa shape index (κ3) is 4.22. The highest BCUT2D eigenvalue weighted by molar-refractivity contribution is 7.22. The summed E-state index contributed by atoms with van der Waals surface area (Å²) in [7, 11) is 0. The molecule has 2 aliphatic rings. The van der Waals surface area contributed by atoms with Crippen LogP contribution in [0.4, 0.5) is 10.8 Å². The summed E-state index contributed by atoms with van der Waals surface area (Å²) in [4.78, 5) is 33.1. The molecule has 1 aliphatic heterocycles. The van der Waals surface area contributed by atoms with Crippen molar-refractivity contribution in [3.8, 4) is 5.75 Å². The third-order valence-corrected chi connectivity index (χ3v) is 6.72. The highest BCUT2D eigenvalue weighted by atomic mass is 32.1. The molecule has 3 heterocycles. The van der Waals surface area contributed by atoms with Gasteiger partial charge in [-0.1, -0.05) is 11.3 Å². The van der Waals surface area contributed by atoms with E-state index in [9.17, 15) is 9.59 Å². The average Bonchev–Trinajstić information content (AvgIpc) is 3.53. The maximum absolute atomic E-state index is 13.2. The van der Waals surface area contributed by atoms with Crippen LogP contribution in [0.25, 0.3) is 10.2 Å². The number of ether oxygens (including phenoxy) is 1. The lowest BCUT2D eigenvalue weighted by Crippen LogP contribution is -2.43. The largest absolute Gasteiger partial charge is 0.490 e. The second kappa shape index (κ2) is 8.55.